The van der Waals surface area contributed by atoms with E-state index in [9.17, 15) is 0 Å². The highest BCUT2D eigenvalue weighted by Crippen LogP contribution is 2.40. The van der Waals surface area contributed by atoms with Crippen molar-refractivity contribution in [2.45, 2.75) is 38.6 Å². The molecule has 0 bridgehead atoms. The van der Waals surface area contributed by atoms with Crippen molar-refractivity contribution in [1.82, 2.24) is 0 Å². The van der Waals surface area contributed by atoms with Crippen LogP contribution in [0.2, 0.25) is 0 Å². The monoisotopic (exact) mass is 235 g/mol. The van der Waals surface area contributed by atoms with E-state index in [2.05, 4.69) is 6.07 Å². The molecule has 94 valence electrons. The van der Waals surface area contributed by atoms with Crippen LogP contribution in [0.3, 0.4) is 0 Å². The minimum atomic E-state index is 0.132. The number of fused-ring (bicyclic) bond motifs is 1. The van der Waals surface area contributed by atoms with Gasteiger partial charge in [0.05, 0.1) is 14.2 Å². The molecule has 3 heteroatoms. The van der Waals surface area contributed by atoms with Gasteiger partial charge >= 0.3 is 0 Å². The zero-order valence-corrected chi connectivity index (χ0v) is 10.9. The highest BCUT2D eigenvalue weighted by Gasteiger charge is 2.23. The number of ether oxygens (including phenoxy) is 2. The third-order valence-electron chi connectivity index (χ3n) is 3.35. The molecular formula is C14H21NO2. The number of methoxy groups -OCH3 is 2. The number of hydrogen-bond donors (Lipinski definition) is 1. The molecule has 2 rings (SSSR count). The zero-order chi connectivity index (χ0) is 12.4. The van der Waals surface area contributed by atoms with Crippen molar-refractivity contribution < 1.29 is 9.47 Å². The normalized spacial score (nSPS) is 15.5. The number of benzene rings is 1. The second-order valence-corrected chi connectivity index (χ2v) is 4.76. The summed E-state index contributed by atoms with van der Waals surface area (Å²) in [5.41, 5.74) is 9.69. The van der Waals surface area contributed by atoms with Gasteiger partial charge in [-0.25, -0.2) is 0 Å². The van der Waals surface area contributed by atoms with E-state index in [0.717, 1.165) is 30.8 Å². The molecular weight excluding hydrogens is 214 g/mol. The Bertz CT molecular complexity index is 413. The van der Waals surface area contributed by atoms with Crippen molar-refractivity contribution in [2.24, 2.45) is 5.73 Å². The molecule has 0 aromatic heterocycles. The van der Waals surface area contributed by atoms with Crippen LogP contribution in [-0.4, -0.2) is 20.3 Å². The van der Waals surface area contributed by atoms with Gasteiger partial charge in [0.25, 0.3) is 0 Å². The van der Waals surface area contributed by atoms with Crippen LogP contribution in [0.25, 0.3) is 0 Å². The van der Waals surface area contributed by atoms with Crippen molar-refractivity contribution in [3.05, 3.63) is 22.8 Å². The van der Waals surface area contributed by atoms with Gasteiger partial charge in [-0.15, -0.1) is 0 Å². The summed E-state index contributed by atoms with van der Waals surface area (Å²) < 4.78 is 11.1. The number of hydrogen-bond acceptors (Lipinski definition) is 3. The molecule has 2 N–H and O–H groups in total. The quantitative estimate of drug-likeness (QED) is 0.869. The van der Waals surface area contributed by atoms with Crippen molar-refractivity contribution >= 4 is 0 Å². The molecule has 1 unspecified atom stereocenters. The Balaban J connectivity index is 2.51. The summed E-state index contributed by atoms with van der Waals surface area (Å²) in [4.78, 5) is 0. The molecule has 0 saturated heterocycles. The lowest BCUT2D eigenvalue weighted by molar-refractivity contribution is 0.392. The molecule has 0 amide bonds. The molecule has 0 heterocycles. The highest BCUT2D eigenvalue weighted by molar-refractivity contribution is 5.56. The second-order valence-electron chi connectivity index (χ2n) is 4.76. The average molecular weight is 235 g/mol. The Hall–Kier alpha value is -1.22. The van der Waals surface area contributed by atoms with Crippen LogP contribution in [0, 0.1) is 0 Å². The molecule has 1 aliphatic rings. The van der Waals surface area contributed by atoms with E-state index in [1.54, 1.807) is 14.2 Å². The molecule has 0 saturated carbocycles. The maximum absolute atomic E-state index is 5.89. The summed E-state index contributed by atoms with van der Waals surface area (Å²) in [7, 11) is 3.47. The van der Waals surface area contributed by atoms with Crippen LogP contribution in [0.5, 0.6) is 11.5 Å². The first kappa shape index (κ1) is 12.2. The van der Waals surface area contributed by atoms with Crippen LogP contribution in [0.15, 0.2) is 6.07 Å². The topological polar surface area (TPSA) is 44.5 Å². The summed E-state index contributed by atoms with van der Waals surface area (Å²) in [5, 5.41) is 0. The number of rotatable bonds is 4. The lowest BCUT2D eigenvalue weighted by atomic mass is 9.99. The van der Waals surface area contributed by atoms with Crippen molar-refractivity contribution in [3.63, 3.8) is 0 Å². The van der Waals surface area contributed by atoms with Gasteiger partial charge in [-0.3, -0.25) is 0 Å². The standard InChI is InChI=1S/C14H21NO2/c1-9(15)7-10-8-13(16-2)11-5-4-6-12(11)14(10)17-3/h8-9H,4-7,15H2,1-3H3. The summed E-state index contributed by atoms with van der Waals surface area (Å²) in [5.74, 6) is 2.02. The first-order valence-electron chi connectivity index (χ1n) is 6.18. The van der Waals surface area contributed by atoms with E-state index in [0.29, 0.717) is 0 Å². The van der Waals surface area contributed by atoms with E-state index < -0.39 is 0 Å². The lowest BCUT2D eigenvalue weighted by Crippen LogP contribution is -2.18. The Kier molecular flexibility index (Phi) is 3.57. The summed E-state index contributed by atoms with van der Waals surface area (Å²) >= 11 is 0. The third kappa shape index (κ3) is 2.25. The SMILES string of the molecule is COc1cc(CC(C)N)c(OC)c2c1CCC2. The van der Waals surface area contributed by atoms with Gasteiger partial charge in [0, 0.05) is 17.2 Å². The van der Waals surface area contributed by atoms with E-state index in [1.165, 1.54) is 23.1 Å². The van der Waals surface area contributed by atoms with Crippen LogP contribution in [0.1, 0.15) is 30.0 Å². The predicted octanol–water partition coefficient (Wildman–Crippen LogP) is 2.08. The first-order valence-corrected chi connectivity index (χ1v) is 6.18. The largest absolute Gasteiger partial charge is 0.496 e. The fourth-order valence-electron chi connectivity index (χ4n) is 2.71. The van der Waals surface area contributed by atoms with Gasteiger partial charge in [0.15, 0.2) is 0 Å². The summed E-state index contributed by atoms with van der Waals surface area (Å²) in [6.07, 6.45) is 4.19. The molecule has 0 spiro atoms. The summed E-state index contributed by atoms with van der Waals surface area (Å²) in [6.45, 7) is 2.01. The van der Waals surface area contributed by atoms with E-state index >= 15 is 0 Å². The minimum absolute atomic E-state index is 0.132. The fraction of sp³-hybridized carbons (Fsp3) is 0.571. The van der Waals surface area contributed by atoms with Crippen molar-refractivity contribution in [2.75, 3.05) is 14.2 Å². The van der Waals surface area contributed by atoms with Crippen molar-refractivity contribution in [1.29, 1.82) is 0 Å². The molecule has 1 aromatic rings. The van der Waals surface area contributed by atoms with E-state index in [-0.39, 0.29) is 6.04 Å². The fourth-order valence-corrected chi connectivity index (χ4v) is 2.71. The highest BCUT2D eigenvalue weighted by atomic mass is 16.5. The maximum atomic E-state index is 5.89. The smallest absolute Gasteiger partial charge is 0.125 e. The Morgan fingerprint density at radius 3 is 2.53 bits per heavy atom. The van der Waals surface area contributed by atoms with E-state index in [4.69, 9.17) is 15.2 Å². The lowest BCUT2D eigenvalue weighted by Gasteiger charge is -2.17. The Morgan fingerprint density at radius 2 is 1.94 bits per heavy atom. The zero-order valence-electron chi connectivity index (χ0n) is 10.9. The molecule has 0 aliphatic heterocycles. The molecule has 1 aromatic carbocycles. The Morgan fingerprint density at radius 1 is 1.24 bits per heavy atom. The van der Waals surface area contributed by atoms with Crippen molar-refractivity contribution in [3.8, 4) is 11.5 Å². The third-order valence-corrected chi connectivity index (χ3v) is 3.35. The van der Waals surface area contributed by atoms with Gasteiger partial charge < -0.3 is 15.2 Å². The van der Waals surface area contributed by atoms with Gasteiger partial charge in [-0.1, -0.05) is 0 Å². The van der Waals surface area contributed by atoms with Crippen LogP contribution in [-0.2, 0) is 19.3 Å². The second kappa shape index (κ2) is 4.96. The maximum Gasteiger partial charge on any atom is 0.125 e. The van der Waals surface area contributed by atoms with Gasteiger partial charge in [0.1, 0.15) is 11.5 Å². The molecule has 1 atom stereocenters. The molecule has 3 nitrogen and oxygen atoms in total. The van der Waals surface area contributed by atoms with Gasteiger partial charge in [0.2, 0.25) is 0 Å². The molecule has 1 aliphatic carbocycles. The molecule has 0 radical (unpaired) electrons. The first-order chi connectivity index (χ1) is 8.17. The molecule has 0 fully saturated rings. The Labute approximate surface area is 103 Å². The minimum Gasteiger partial charge on any atom is -0.496 e. The van der Waals surface area contributed by atoms with E-state index in [1.807, 2.05) is 6.92 Å². The average Bonchev–Trinajstić information content (AvgIpc) is 2.76. The van der Waals surface area contributed by atoms with Crippen LogP contribution >= 0.6 is 0 Å². The van der Waals surface area contributed by atoms with Gasteiger partial charge in [-0.05, 0) is 44.2 Å². The predicted molar refractivity (Wildman–Crippen MR) is 68.9 cm³/mol. The van der Waals surface area contributed by atoms with Gasteiger partial charge in [-0.2, -0.15) is 0 Å². The van der Waals surface area contributed by atoms with Crippen LogP contribution < -0.4 is 15.2 Å². The van der Waals surface area contributed by atoms with Crippen LogP contribution in [0.4, 0.5) is 0 Å². The summed E-state index contributed by atoms with van der Waals surface area (Å²) in [6, 6.07) is 2.22. The molecule has 17 heavy (non-hydrogen) atoms. The number of nitrogens with two attached hydrogens (primary N) is 1.